The zero-order valence-corrected chi connectivity index (χ0v) is 13.5. The van der Waals surface area contributed by atoms with Gasteiger partial charge in [-0.05, 0) is 55.0 Å². The Balaban J connectivity index is 1.86. The number of aromatic nitrogens is 1. The van der Waals surface area contributed by atoms with Crippen LogP contribution in [0.1, 0.15) is 31.0 Å². The Bertz CT molecular complexity index is 785. The lowest BCUT2D eigenvalue weighted by atomic mass is 9.96. The van der Waals surface area contributed by atoms with Gasteiger partial charge in [0, 0.05) is 5.56 Å². The molecule has 0 radical (unpaired) electrons. The van der Waals surface area contributed by atoms with Crippen molar-refractivity contribution >= 4 is 11.6 Å². The molecule has 2 fully saturated rings. The van der Waals surface area contributed by atoms with Crippen molar-refractivity contribution in [2.45, 2.75) is 31.8 Å². The fourth-order valence-electron chi connectivity index (χ4n) is 3.14. The lowest BCUT2D eigenvalue weighted by Gasteiger charge is -2.16. The fourth-order valence-corrected chi connectivity index (χ4v) is 3.32. The monoisotopic (exact) mass is 333 g/mol. The molecule has 1 saturated heterocycles. The van der Waals surface area contributed by atoms with Gasteiger partial charge in [-0.3, -0.25) is 0 Å². The summed E-state index contributed by atoms with van der Waals surface area (Å²) in [5, 5.41) is 10.5. The van der Waals surface area contributed by atoms with E-state index >= 15 is 0 Å². The lowest BCUT2D eigenvalue weighted by molar-refractivity contribution is 0.272. The number of ether oxygens (including phenoxy) is 1. The predicted octanol–water partition coefficient (Wildman–Crippen LogP) is 4.44. The number of nitrogens with zero attached hydrogens (tertiary/aromatic N) is 1. The van der Waals surface area contributed by atoms with Crippen LogP contribution in [-0.4, -0.2) is 16.7 Å². The molecule has 1 aliphatic carbocycles. The molecule has 1 aliphatic heterocycles. The smallest absolute Gasteiger partial charge is 0.145 e. The largest absolute Gasteiger partial charge is 0.505 e. The molecule has 0 bridgehead atoms. The Labute approximate surface area is 139 Å². The number of rotatable bonds is 4. The van der Waals surface area contributed by atoms with E-state index in [1.165, 1.54) is 12.1 Å². The highest BCUT2D eigenvalue weighted by atomic mass is 35.5. The first-order chi connectivity index (χ1) is 11.0. The third kappa shape index (κ3) is 2.41. The number of hydrogen-bond acceptors (Lipinski definition) is 3. The van der Waals surface area contributed by atoms with Gasteiger partial charge >= 0.3 is 0 Å². The Morgan fingerprint density at radius 3 is 2.70 bits per heavy atom. The molecule has 0 amide bonds. The van der Waals surface area contributed by atoms with Crippen LogP contribution in [0, 0.1) is 11.7 Å². The summed E-state index contributed by atoms with van der Waals surface area (Å²) in [5.74, 6) is 0.168. The highest BCUT2D eigenvalue weighted by Gasteiger charge is 2.58. The van der Waals surface area contributed by atoms with Gasteiger partial charge in [-0.25, -0.2) is 9.37 Å². The molecule has 4 rings (SSSR count). The lowest BCUT2D eigenvalue weighted by Crippen LogP contribution is -2.15. The second-order valence-corrected chi connectivity index (χ2v) is 6.71. The Hall–Kier alpha value is -1.65. The first-order valence-corrected chi connectivity index (χ1v) is 8.25. The predicted molar refractivity (Wildman–Crippen MR) is 86.0 cm³/mol. The van der Waals surface area contributed by atoms with Crippen LogP contribution in [0.3, 0.4) is 0 Å². The number of aryl methyl sites for hydroxylation is 1. The average Bonchev–Trinajstić information content (AvgIpc) is 3.41. The summed E-state index contributed by atoms with van der Waals surface area (Å²) in [6.45, 7) is 2.67. The molecule has 3 nitrogen and oxygen atoms in total. The molecule has 1 atom stereocenters. The summed E-state index contributed by atoms with van der Waals surface area (Å²) < 4.78 is 19.2. The van der Waals surface area contributed by atoms with Gasteiger partial charge < -0.3 is 9.84 Å². The first-order valence-electron chi connectivity index (χ1n) is 7.88. The van der Waals surface area contributed by atoms with Crippen LogP contribution in [-0.2, 0) is 16.8 Å². The third-order valence-electron chi connectivity index (χ3n) is 4.77. The zero-order valence-electron chi connectivity index (χ0n) is 12.8. The van der Waals surface area contributed by atoms with E-state index in [0.29, 0.717) is 30.2 Å². The third-order valence-corrected chi connectivity index (χ3v) is 5.06. The molecular formula is C18H17ClFNO2. The molecule has 120 valence electrons. The number of hydrogen-bond donors (Lipinski definition) is 1. The maximum Gasteiger partial charge on any atom is 0.145 e. The van der Waals surface area contributed by atoms with E-state index in [1.807, 2.05) is 13.0 Å². The summed E-state index contributed by atoms with van der Waals surface area (Å²) in [6, 6.07) is 6.32. The minimum Gasteiger partial charge on any atom is -0.505 e. The first kappa shape index (κ1) is 14.9. The molecule has 1 saturated carbocycles. The average molecular weight is 334 g/mol. The Morgan fingerprint density at radius 2 is 2.13 bits per heavy atom. The quantitative estimate of drug-likeness (QED) is 0.841. The van der Waals surface area contributed by atoms with Gasteiger partial charge in [0.1, 0.15) is 22.9 Å². The van der Waals surface area contributed by atoms with Gasteiger partial charge in [0.05, 0.1) is 17.3 Å². The molecule has 2 aromatic rings. The van der Waals surface area contributed by atoms with E-state index < -0.39 is 5.82 Å². The molecule has 1 aromatic carbocycles. The molecule has 1 aromatic heterocycles. The van der Waals surface area contributed by atoms with Gasteiger partial charge in [0.2, 0.25) is 0 Å². The van der Waals surface area contributed by atoms with Crippen LogP contribution in [0.5, 0.6) is 5.75 Å². The number of benzene rings is 1. The van der Waals surface area contributed by atoms with Crippen molar-refractivity contribution in [3.8, 4) is 17.0 Å². The number of epoxide rings is 1. The van der Waals surface area contributed by atoms with Crippen molar-refractivity contribution in [3.63, 3.8) is 0 Å². The van der Waals surface area contributed by atoms with Crippen molar-refractivity contribution < 1.29 is 14.2 Å². The second-order valence-electron chi connectivity index (χ2n) is 6.30. The molecule has 1 N–H and O–H groups in total. The number of halogens is 2. The minimum absolute atomic E-state index is 0.0201. The SMILES string of the molecule is CCc1cc(C2(C3CC3)CO2)nc(-c2ccc(F)c(Cl)c2)c1O. The van der Waals surface area contributed by atoms with Crippen molar-refractivity contribution in [3.05, 3.63) is 46.4 Å². The van der Waals surface area contributed by atoms with Gasteiger partial charge in [-0.15, -0.1) is 0 Å². The van der Waals surface area contributed by atoms with E-state index in [4.69, 9.17) is 16.3 Å². The highest BCUT2D eigenvalue weighted by molar-refractivity contribution is 6.31. The van der Waals surface area contributed by atoms with Gasteiger partial charge in [0.25, 0.3) is 0 Å². The summed E-state index contributed by atoms with van der Waals surface area (Å²) in [7, 11) is 0. The maximum absolute atomic E-state index is 13.4. The van der Waals surface area contributed by atoms with E-state index in [1.54, 1.807) is 6.07 Å². The van der Waals surface area contributed by atoms with Crippen LogP contribution >= 0.6 is 11.6 Å². The summed E-state index contributed by atoms with van der Waals surface area (Å²) in [4.78, 5) is 4.66. The zero-order chi connectivity index (χ0) is 16.2. The molecule has 2 aliphatic rings. The maximum atomic E-state index is 13.4. The van der Waals surface area contributed by atoms with Gasteiger partial charge in [-0.2, -0.15) is 0 Å². The second kappa shape index (κ2) is 5.18. The van der Waals surface area contributed by atoms with E-state index in [0.717, 1.165) is 24.1 Å². The highest BCUT2D eigenvalue weighted by Crippen LogP contribution is 2.56. The molecule has 23 heavy (non-hydrogen) atoms. The molecule has 1 unspecified atom stereocenters. The minimum atomic E-state index is -0.484. The molecule has 5 heteroatoms. The van der Waals surface area contributed by atoms with Crippen molar-refractivity contribution in [1.82, 2.24) is 4.98 Å². The van der Waals surface area contributed by atoms with Crippen LogP contribution in [0.4, 0.5) is 4.39 Å². The molecule has 0 spiro atoms. The Morgan fingerprint density at radius 1 is 1.39 bits per heavy atom. The van der Waals surface area contributed by atoms with Crippen molar-refractivity contribution in [2.24, 2.45) is 5.92 Å². The van der Waals surface area contributed by atoms with E-state index in [9.17, 15) is 9.50 Å². The van der Waals surface area contributed by atoms with Gasteiger partial charge in [0.15, 0.2) is 0 Å². The van der Waals surface area contributed by atoms with E-state index in [-0.39, 0.29) is 16.4 Å². The van der Waals surface area contributed by atoms with Crippen molar-refractivity contribution in [1.29, 1.82) is 0 Å². The summed E-state index contributed by atoms with van der Waals surface area (Å²) in [5.41, 5.74) is 2.45. The fraction of sp³-hybridized carbons (Fsp3) is 0.389. The Kier molecular flexibility index (Phi) is 3.36. The normalized spacial score (nSPS) is 23.1. The van der Waals surface area contributed by atoms with Crippen LogP contribution in [0.15, 0.2) is 24.3 Å². The number of pyridine rings is 1. The topological polar surface area (TPSA) is 45.7 Å². The van der Waals surface area contributed by atoms with E-state index in [2.05, 4.69) is 4.98 Å². The summed E-state index contributed by atoms with van der Waals surface area (Å²) in [6.07, 6.45) is 2.99. The van der Waals surface area contributed by atoms with Crippen molar-refractivity contribution in [2.75, 3.05) is 6.61 Å². The van der Waals surface area contributed by atoms with Gasteiger partial charge in [-0.1, -0.05) is 18.5 Å². The standard InChI is InChI=1S/C18H17ClFNO2/c1-2-10-8-15(18(9-23-18)12-4-5-12)21-16(17(10)22)11-3-6-14(20)13(19)7-11/h3,6-8,12,22H,2,4-5,9H2,1H3. The van der Waals surface area contributed by atoms with Crippen LogP contribution < -0.4 is 0 Å². The van der Waals surface area contributed by atoms with Crippen LogP contribution in [0.25, 0.3) is 11.3 Å². The summed E-state index contributed by atoms with van der Waals surface area (Å²) >= 11 is 5.88. The molecular weight excluding hydrogens is 317 g/mol. The number of aromatic hydroxyl groups is 1. The van der Waals surface area contributed by atoms with Crippen LogP contribution in [0.2, 0.25) is 5.02 Å². The molecule has 2 heterocycles.